The Labute approximate surface area is 213 Å². The Morgan fingerprint density at radius 1 is 0.973 bits per heavy atom. The van der Waals surface area contributed by atoms with Crippen LogP contribution in [0.1, 0.15) is 27.4 Å². The molecular weight excluding hydrogens is 479 g/mol. The summed E-state index contributed by atoms with van der Waals surface area (Å²) in [5.41, 5.74) is 2.04. The highest BCUT2D eigenvalue weighted by atomic mass is 19.1. The molecule has 2 aliphatic rings. The molecule has 1 saturated heterocycles. The van der Waals surface area contributed by atoms with Gasteiger partial charge in [0.05, 0.1) is 20.1 Å². The number of fused-ring (bicyclic) bond motifs is 1. The van der Waals surface area contributed by atoms with Crippen LogP contribution in [0.5, 0.6) is 23.0 Å². The van der Waals surface area contributed by atoms with E-state index in [1.807, 2.05) is 30.3 Å². The molecule has 0 spiro atoms. The number of nitrogens with zero attached hydrogens (tertiary/aromatic N) is 1. The molecule has 8 nitrogen and oxygen atoms in total. The van der Waals surface area contributed by atoms with Gasteiger partial charge in [-0.2, -0.15) is 0 Å². The van der Waals surface area contributed by atoms with Gasteiger partial charge < -0.3 is 29.2 Å². The Hall–Kier alpha value is -4.27. The second kappa shape index (κ2) is 10.4. The number of halogens is 1. The lowest BCUT2D eigenvalue weighted by Gasteiger charge is -2.21. The van der Waals surface area contributed by atoms with Crippen LogP contribution in [0.3, 0.4) is 0 Å². The van der Waals surface area contributed by atoms with Crippen molar-refractivity contribution < 1.29 is 32.9 Å². The fourth-order valence-electron chi connectivity index (χ4n) is 4.82. The molecule has 2 aliphatic heterocycles. The van der Waals surface area contributed by atoms with Gasteiger partial charge in [-0.1, -0.05) is 12.1 Å². The molecule has 37 heavy (non-hydrogen) atoms. The minimum Gasteiger partial charge on any atom is -0.497 e. The molecule has 0 bridgehead atoms. The van der Waals surface area contributed by atoms with Crippen LogP contribution >= 0.6 is 0 Å². The topological polar surface area (TPSA) is 86.3 Å². The van der Waals surface area contributed by atoms with E-state index in [1.165, 1.54) is 24.3 Å². The highest BCUT2D eigenvalue weighted by molar-refractivity contribution is 5.95. The highest BCUT2D eigenvalue weighted by Gasteiger charge is 2.41. The lowest BCUT2D eigenvalue weighted by molar-refractivity contribution is -0.125. The second-order valence-electron chi connectivity index (χ2n) is 8.94. The van der Waals surface area contributed by atoms with Crippen LogP contribution in [-0.2, 0) is 11.3 Å². The number of likely N-dealkylation sites (tertiary alicyclic amines) is 1. The van der Waals surface area contributed by atoms with Crippen molar-refractivity contribution in [2.24, 2.45) is 5.92 Å². The van der Waals surface area contributed by atoms with Crippen LogP contribution in [0.4, 0.5) is 4.39 Å². The first-order valence-electron chi connectivity index (χ1n) is 11.9. The van der Waals surface area contributed by atoms with E-state index < -0.39 is 11.7 Å². The number of carbonyl (C=O) groups is 2. The van der Waals surface area contributed by atoms with E-state index in [0.29, 0.717) is 41.7 Å². The first-order valence-corrected chi connectivity index (χ1v) is 11.9. The number of nitrogens with one attached hydrogen (secondary N) is 1. The molecule has 9 heteroatoms. The Morgan fingerprint density at radius 3 is 2.51 bits per heavy atom. The third-order valence-corrected chi connectivity index (χ3v) is 6.78. The van der Waals surface area contributed by atoms with E-state index in [-0.39, 0.29) is 31.1 Å². The average molecular weight is 507 g/mol. The fraction of sp³-hybridized carbons (Fsp3) is 0.286. The maximum Gasteiger partial charge on any atom is 0.253 e. The van der Waals surface area contributed by atoms with Gasteiger partial charge in [0.1, 0.15) is 17.3 Å². The van der Waals surface area contributed by atoms with Crippen LogP contribution < -0.4 is 24.3 Å². The Balaban J connectivity index is 1.39. The van der Waals surface area contributed by atoms with Crippen LogP contribution in [-0.4, -0.2) is 50.8 Å². The van der Waals surface area contributed by atoms with Gasteiger partial charge in [0.2, 0.25) is 12.7 Å². The summed E-state index contributed by atoms with van der Waals surface area (Å²) in [6.07, 6.45) is 0. The van der Waals surface area contributed by atoms with Crippen molar-refractivity contribution in [2.45, 2.75) is 12.5 Å². The van der Waals surface area contributed by atoms with Gasteiger partial charge in [0, 0.05) is 42.7 Å². The molecule has 0 aliphatic carbocycles. The fourth-order valence-corrected chi connectivity index (χ4v) is 4.82. The summed E-state index contributed by atoms with van der Waals surface area (Å²) >= 11 is 0. The zero-order valence-corrected chi connectivity index (χ0v) is 20.5. The summed E-state index contributed by atoms with van der Waals surface area (Å²) in [6, 6.07) is 16.4. The molecule has 1 fully saturated rings. The van der Waals surface area contributed by atoms with Crippen molar-refractivity contribution >= 4 is 11.8 Å². The van der Waals surface area contributed by atoms with Crippen molar-refractivity contribution in [1.29, 1.82) is 0 Å². The van der Waals surface area contributed by atoms with Crippen molar-refractivity contribution in [3.63, 3.8) is 0 Å². The van der Waals surface area contributed by atoms with Gasteiger partial charge in [-0.05, 0) is 48.0 Å². The molecule has 3 aromatic rings. The molecule has 2 atom stereocenters. The zero-order chi connectivity index (χ0) is 25.9. The molecule has 3 aromatic carbocycles. The Bertz CT molecular complexity index is 1310. The van der Waals surface area contributed by atoms with Gasteiger partial charge >= 0.3 is 0 Å². The van der Waals surface area contributed by atoms with Crippen molar-refractivity contribution in [3.8, 4) is 23.0 Å². The molecular formula is C28H27FN2O6. The van der Waals surface area contributed by atoms with Crippen LogP contribution in [0.2, 0.25) is 0 Å². The molecule has 5 rings (SSSR count). The molecule has 0 unspecified atom stereocenters. The average Bonchev–Trinajstić information content (AvgIpc) is 3.58. The highest BCUT2D eigenvalue weighted by Crippen LogP contribution is 2.40. The standard InChI is InChI=1S/C28H27FN2O6/c1-34-20-8-9-21(25(12-20)35-2)22-14-31(28(33)18-4-6-19(29)7-5-18)15-23(22)27(32)30-13-17-3-10-24-26(11-17)37-16-36-24/h3-12,22-23H,13-16H2,1-2H3,(H,30,32)/t22-,23+/m0/s1. The van der Waals surface area contributed by atoms with Gasteiger partial charge in [-0.15, -0.1) is 0 Å². The minimum absolute atomic E-state index is 0.177. The van der Waals surface area contributed by atoms with Crippen molar-refractivity contribution in [2.75, 3.05) is 34.1 Å². The molecule has 0 aromatic heterocycles. The number of methoxy groups -OCH3 is 2. The number of benzene rings is 3. The van der Waals surface area contributed by atoms with E-state index in [1.54, 1.807) is 25.2 Å². The zero-order valence-electron chi connectivity index (χ0n) is 20.5. The Kier molecular flexibility index (Phi) is 6.85. The number of hydrogen-bond donors (Lipinski definition) is 1. The summed E-state index contributed by atoms with van der Waals surface area (Å²) in [5.74, 6) is 0.813. The smallest absolute Gasteiger partial charge is 0.253 e. The largest absolute Gasteiger partial charge is 0.497 e. The van der Waals surface area contributed by atoms with Crippen LogP contribution in [0, 0.1) is 11.7 Å². The minimum atomic E-state index is -0.527. The van der Waals surface area contributed by atoms with Crippen LogP contribution in [0.25, 0.3) is 0 Å². The predicted octanol–water partition coefficient (Wildman–Crippen LogP) is 3.74. The molecule has 2 amide bonds. The van der Waals surface area contributed by atoms with E-state index in [4.69, 9.17) is 18.9 Å². The third kappa shape index (κ3) is 5.02. The maximum absolute atomic E-state index is 13.5. The van der Waals surface area contributed by atoms with E-state index in [9.17, 15) is 14.0 Å². The summed E-state index contributed by atoms with van der Waals surface area (Å²) in [6.45, 7) is 0.991. The third-order valence-electron chi connectivity index (χ3n) is 6.78. The second-order valence-corrected chi connectivity index (χ2v) is 8.94. The van der Waals surface area contributed by atoms with Crippen LogP contribution in [0.15, 0.2) is 60.7 Å². The van der Waals surface area contributed by atoms with E-state index in [0.717, 1.165) is 11.1 Å². The summed E-state index contributed by atoms with van der Waals surface area (Å²) in [5, 5.41) is 3.01. The number of carbonyl (C=O) groups excluding carboxylic acids is 2. The van der Waals surface area contributed by atoms with Gasteiger partial charge in [0.15, 0.2) is 11.5 Å². The molecule has 0 saturated carbocycles. The first-order chi connectivity index (χ1) is 18.0. The molecule has 0 radical (unpaired) electrons. The molecule has 192 valence electrons. The quantitative estimate of drug-likeness (QED) is 0.526. The monoisotopic (exact) mass is 506 g/mol. The lowest BCUT2D eigenvalue weighted by Crippen LogP contribution is -2.35. The summed E-state index contributed by atoms with van der Waals surface area (Å²) in [7, 11) is 3.13. The molecule has 1 N–H and O–H groups in total. The summed E-state index contributed by atoms with van der Waals surface area (Å²) < 4.78 is 35.1. The maximum atomic E-state index is 13.5. The normalized spacial score (nSPS) is 18.0. The summed E-state index contributed by atoms with van der Waals surface area (Å²) in [4.78, 5) is 28.4. The van der Waals surface area contributed by atoms with Crippen molar-refractivity contribution in [1.82, 2.24) is 10.2 Å². The number of rotatable bonds is 7. The van der Waals surface area contributed by atoms with E-state index in [2.05, 4.69) is 5.32 Å². The number of hydrogen-bond acceptors (Lipinski definition) is 6. The van der Waals surface area contributed by atoms with Gasteiger partial charge in [-0.3, -0.25) is 9.59 Å². The predicted molar refractivity (Wildman–Crippen MR) is 132 cm³/mol. The number of ether oxygens (including phenoxy) is 4. The first kappa shape index (κ1) is 24.4. The van der Waals surface area contributed by atoms with E-state index >= 15 is 0 Å². The Morgan fingerprint density at radius 2 is 1.76 bits per heavy atom. The van der Waals surface area contributed by atoms with Gasteiger partial charge in [0.25, 0.3) is 5.91 Å². The lowest BCUT2D eigenvalue weighted by atomic mass is 9.87. The van der Waals surface area contributed by atoms with Crippen molar-refractivity contribution in [3.05, 3.63) is 83.2 Å². The molecule has 2 heterocycles. The SMILES string of the molecule is COc1ccc([C@@H]2CN(C(=O)c3ccc(F)cc3)C[C@H]2C(=O)NCc2ccc3c(c2)OCO3)c(OC)c1. The van der Waals surface area contributed by atoms with Gasteiger partial charge in [-0.25, -0.2) is 4.39 Å². The number of amides is 2.